The molecule has 7 heteroatoms. The smallest absolute Gasteiger partial charge is 0.230 e. The van der Waals surface area contributed by atoms with E-state index in [9.17, 15) is 0 Å². The Bertz CT molecular complexity index is 368. The summed E-state index contributed by atoms with van der Waals surface area (Å²) in [4.78, 5) is 16.2. The molecule has 0 aromatic carbocycles. The summed E-state index contributed by atoms with van der Waals surface area (Å²) in [5, 5.41) is 3.39. The van der Waals surface area contributed by atoms with Crippen molar-refractivity contribution in [2.45, 2.75) is 13.0 Å². The van der Waals surface area contributed by atoms with Crippen LogP contribution in [0.15, 0.2) is 0 Å². The Labute approximate surface area is 107 Å². The van der Waals surface area contributed by atoms with E-state index in [2.05, 4.69) is 32.1 Å². The number of rotatable bonds is 5. The summed E-state index contributed by atoms with van der Waals surface area (Å²) in [5.74, 6) is 1.05. The second-order valence-electron chi connectivity index (χ2n) is 4.43. The highest BCUT2D eigenvalue weighted by atomic mass is 35.5. The predicted molar refractivity (Wildman–Crippen MR) is 70.8 cm³/mol. The van der Waals surface area contributed by atoms with Gasteiger partial charge in [-0.05, 0) is 32.6 Å². The van der Waals surface area contributed by atoms with Crippen LogP contribution in [0.3, 0.4) is 0 Å². The third-order valence-electron chi connectivity index (χ3n) is 2.01. The molecule has 1 N–H and O–H groups in total. The van der Waals surface area contributed by atoms with Crippen LogP contribution < -0.4 is 10.2 Å². The monoisotopic (exact) mass is 258 g/mol. The van der Waals surface area contributed by atoms with E-state index >= 15 is 0 Å². The third kappa shape index (κ3) is 4.70. The molecule has 1 aromatic heterocycles. The van der Waals surface area contributed by atoms with Crippen molar-refractivity contribution in [1.29, 1.82) is 0 Å². The number of likely N-dealkylation sites (N-methyl/N-ethyl adjacent to an activating group) is 1. The Morgan fingerprint density at radius 2 is 1.82 bits per heavy atom. The standard InChI is InChI=1S/C10H19ClN6/c1-7(6-16(2)3)12-9-13-8(11)14-10(15-9)17(4)5/h7H,6H2,1-5H3,(H,12,13,14,15). The van der Waals surface area contributed by atoms with E-state index in [0.717, 1.165) is 6.54 Å². The summed E-state index contributed by atoms with van der Waals surface area (Å²) in [7, 11) is 7.75. The number of halogens is 1. The molecule has 1 heterocycles. The van der Waals surface area contributed by atoms with Gasteiger partial charge in [0.15, 0.2) is 0 Å². The quantitative estimate of drug-likeness (QED) is 0.849. The molecule has 6 nitrogen and oxygen atoms in total. The normalized spacial score (nSPS) is 12.6. The maximum atomic E-state index is 5.84. The molecule has 0 aliphatic carbocycles. The van der Waals surface area contributed by atoms with Crippen molar-refractivity contribution in [2.75, 3.05) is 45.0 Å². The van der Waals surface area contributed by atoms with Crippen molar-refractivity contribution in [3.05, 3.63) is 5.28 Å². The molecule has 1 unspecified atom stereocenters. The highest BCUT2D eigenvalue weighted by Crippen LogP contribution is 2.12. The van der Waals surface area contributed by atoms with Crippen LogP contribution in [0, 0.1) is 0 Å². The maximum absolute atomic E-state index is 5.84. The summed E-state index contributed by atoms with van der Waals surface area (Å²) in [6.07, 6.45) is 0. The highest BCUT2D eigenvalue weighted by molar-refractivity contribution is 6.28. The van der Waals surface area contributed by atoms with Gasteiger partial charge in [0, 0.05) is 26.7 Å². The lowest BCUT2D eigenvalue weighted by atomic mass is 10.3. The minimum Gasteiger partial charge on any atom is -0.350 e. The number of hydrogen-bond acceptors (Lipinski definition) is 6. The lowest BCUT2D eigenvalue weighted by Gasteiger charge is -2.19. The van der Waals surface area contributed by atoms with E-state index in [4.69, 9.17) is 11.6 Å². The molecule has 0 fully saturated rings. The Kier molecular flexibility index (Phi) is 4.89. The summed E-state index contributed by atoms with van der Waals surface area (Å²) in [6, 6.07) is 0.235. The van der Waals surface area contributed by atoms with Gasteiger partial charge >= 0.3 is 0 Å². The van der Waals surface area contributed by atoms with Gasteiger partial charge in [-0.25, -0.2) is 0 Å². The average molecular weight is 259 g/mol. The number of hydrogen-bond donors (Lipinski definition) is 1. The zero-order chi connectivity index (χ0) is 13.0. The maximum Gasteiger partial charge on any atom is 0.230 e. The minimum absolute atomic E-state index is 0.197. The molecule has 96 valence electrons. The van der Waals surface area contributed by atoms with E-state index < -0.39 is 0 Å². The minimum atomic E-state index is 0.197. The second-order valence-corrected chi connectivity index (χ2v) is 4.77. The Hall–Kier alpha value is -1.14. The van der Waals surface area contributed by atoms with Gasteiger partial charge in [-0.1, -0.05) is 0 Å². The molecular weight excluding hydrogens is 240 g/mol. The molecule has 1 atom stereocenters. The molecule has 0 spiro atoms. The lowest BCUT2D eigenvalue weighted by molar-refractivity contribution is 0.391. The molecule has 1 rings (SSSR count). The van der Waals surface area contributed by atoms with Crippen molar-refractivity contribution in [2.24, 2.45) is 0 Å². The van der Waals surface area contributed by atoms with Crippen LogP contribution in [0.25, 0.3) is 0 Å². The molecule has 0 aliphatic rings. The van der Waals surface area contributed by atoms with Crippen LogP contribution in [-0.4, -0.2) is 60.6 Å². The third-order valence-corrected chi connectivity index (χ3v) is 2.18. The van der Waals surface area contributed by atoms with E-state index in [0.29, 0.717) is 11.9 Å². The molecular formula is C10H19ClN6. The largest absolute Gasteiger partial charge is 0.350 e. The Morgan fingerprint density at radius 1 is 1.18 bits per heavy atom. The van der Waals surface area contributed by atoms with Gasteiger partial charge in [-0.2, -0.15) is 15.0 Å². The fraction of sp³-hybridized carbons (Fsp3) is 0.700. The molecule has 0 saturated heterocycles. The van der Waals surface area contributed by atoms with Crippen LogP contribution in [0.2, 0.25) is 5.28 Å². The lowest BCUT2D eigenvalue weighted by Crippen LogP contribution is -2.30. The first-order valence-electron chi connectivity index (χ1n) is 5.38. The van der Waals surface area contributed by atoms with Crippen molar-refractivity contribution >= 4 is 23.5 Å². The molecule has 0 saturated carbocycles. The van der Waals surface area contributed by atoms with Crippen LogP contribution in [0.1, 0.15) is 6.92 Å². The van der Waals surface area contributed by atoms with Crippen molar-refractivity contribution in [3.8, 4) is 0 Å². The van der Waals surface area contributed by atoms with Gasteiger partial charge in [0.05, 0.1) is 0 Å². The molecule has 0 radical (unpaired) electrons. The number of anilines is 2. The molecule has 1 aromatic rings. The van der Waals surface area contributed by atoms with Gasteiger partial charge < -0.3 is 15.1 Å². The highest BCUT2D eigenvalue weighted by Gasteiger charge is 2.09. The molecule has 0 aliphatic heterocycles. The number of nitrogens with one attached hydrogen (secondary N) is 1. The van der Waals surface area contributed by atoms with Gasteiger partial charge in [0.1, 0.15) is 0 Å². The predicted octanol–water partition coefficient (Wildman–Crippen LogP) is 0.953. The van der Waals surface area contributed by atoms with Crippen molar-refractivity contribution in [1.82, 2.24) is 19.9 Å². The molecule has 0 amide bonds. The van der Waals surface area contributed by atoms with Gasteiger partial charge in [0.25, 0.3) is 0 Å². The summed E-state index contributed by atoms with van der Waals surface area (Å²) in [6.45, 7) is 2.95. The molecule has 17 heavy (non-hydrogen) atoms. The summed E-state index contributed by atoms with van der Waals surface area (Å²) in [5.41, 5.74) is 0. The first-order valence-corrected chi connectivity index (χ1v) is 5.76. The topological polar surface area (TPSA) is 57.2 Å². The molecule has 0 bridgehead atoms. The number of aromatic nitrogens is 3. The van der Waals surface area contributed by atoms with E-state index in [1.165, 1.54) is 0 Å². The number of nitrogens with zero attached hydrogens (tertiary/aromatic N) is 5. The Morgan fingerprint density at radius 3 is 2.35 bits per heavy atom. The van der Waals surface area contributed by atoms with Gasteiger partial charge in [-0.3, -0.25) is 0 Å². The van der Waals surface area contributed by atoms with Crippen LogP contribution in [-0.2, 0) is 0 Å². The van der Waals surface area contributed by atoms with Crippen molar-refractivity contribution < 1.29 is 0 Å². The zero-order valence-corrected chi connectivity index (χ0v) is 11.7. The summed E-state index contributed by atoms with van der Waals surface area (Å²) < 4.78 is 0. The fourth-order valence-corrected chi connectivity index (χ4v) is 1.57. The van der Waals surface area contributed by atoms with Crippen LogP contribution in [0.5, 0.6) is 0 Å². The van der Waals surface area contributed by atoms with Crippen LogP contribution in [0.4, 0.5) is 11.9 Å². The zero-order valence-electron chi connectivity index (χ0n) is 10.9. The summed E-state index contributed by atoms with van der Waals surface area (Å²) >= 11 is 5.84. The first-order chi connectivity index (χ1) is 7.88. The Balaban J connectivity index is 2.77. The van der Waals surface area contributed by atoms with Gasteiger partial charge in [-0.15, -0.1) is 0 Å². The second kappa shape index (κ2) is 5.97. The van der Waals surface area contributed by atoms with E-state index in [1.807, 2.05) is 28.2 Å². The van der Waals surface area contributed by atoms with E-state index in [1.54, 1.807) is 4.90 Å². The first kappa shape index (κ1) is 13.9. The van der Waals surface area contributed by atoms with Crippen molar-refractivity contribution in [3.63, 3.8) is 0 Å². The van der Waals surface area contributed by atoms with Gasteiger partial charge in [0.2, 0.25) is 17.2 Å². The fourth-order valence-electron chi connectivity index (χ4n) is 1.42. The van der Waals surface area contributed by atoms with E-state index in [-0.39, 0.29) is 11.3 Å². The SMILES string of the molecule is CC(CN(C)C)Nc1nc(Cl)nc(N(C)C)n1. The average Bonchev–Trinajstić information content (AvgIpc) is 2.14. The van der Waals surface area contributed by atoms with Crippen LogP contribution >= 0.6 is 11.6 Å².